The van der Waals surface area contributed by atoms with Gasteiger partial charge in [0.1, 0.15) is 5.82 Å². The number of imidazole rings is 1. The van der Waals surface area contributed by atoms with E-state index < -0.39 is 5.97 Å². The molecule has 0 N–H and O–H groups in total. The van der Waals surface area contributed by atoms with E-state index in [1.54, 1.807) is 46.3 Å². The number of carbonyl (C=O) groups is 1. The van der Waals surface area contributed by atoms with E-state index in [4.69, 9.17) is 4.74 Å². The summed E-state index contributed by atoms with van der Waals surface area (Å²) in [5, 5.41) is 9.29. The number of ether oxygens (including phenoxy) is 1. The smallest absolute Gasteiger partial charge is 0.357 e. The van der Waals surface area contributed by atoms with Crippen LogP contribution in [0.2, 0.25) is 0 Å². The molecule has 3 aromatic heterocycles. The summed E-state index contributed by atoms with van der Waals surface area (Å²) in [6, 6.07) is 12.8. The Balaban J connectivity index is 1.50. The van der Waals surface area contributed by atoms with Gasteiger partial charge in [-0.2, -0.15) is 0 Å². The highest BCUT2D eigenvalue weighted by Gasteiger charge is 2.21. The molecule has 0 unspecified atom stereocenters. The number of fused-ring (bicyclic) bond motifs is 3. The molecule has 0 spiro atoms. The lowest BCUT2D eigenvalue weighted by Gasteiger charge is -2.11. The van der Waals surface area contributed by atoms with Crippen molar-refractivity contribution in [2.75, 3.05) is 6.26 Å². The number of rotatable bonds is 5. The number of carbonyl (C=O) groups excluding carboxylic acids is 1. The SMILES string of the molecule is CSc1ncc(C(=O)OCc2nnc3n(C)c(=O)c4ccccc4n23)n1-c1ccc(F)cc1. The first-order valence-electron chi connectivity index (χ1n) is 9.86. The summed E-state index contributed by atoms with van der Waals surface area (Å²) >= 11 is 1.35. The average Bonchev–Trinajstić information content (AvgIpc) is 3.46. The van der Waals surface area contributed by atoms with E-state index in [2.05, 4.69) is 15.2 Å². The van der Waals surface area contributed by atoms with E-state index in [0.717, 1.165) is 0 Å². The largest absolute Gasteiger partial charge is 0.453 e. The minimum Gasteiger partial charge on any atom is -0.453 e. The van der Waals surface area contributed by atoms with Crippen LogP contribution < -0.4 is 5.56 Å². The predicted molar refractivity (Wildman–Crippen MR) is 120 cm³/mol. The molecule has 11 heteroatoms. The molecule has 0 fully saturated rings. The van der Waals surface area contributed by atoms with Gasteiger partial charge >= 0.3 is 5.97 Å². The van der Waals surface area contributed by atoms with Crippen molar-refractivity contribution in [3.8, 4) is 5.69 Å². The molecule has 0 atom stereocenters. The molecule has 0 aliphatic carbocycles. The molecule has 3 heterocycles. The van der Waals surface area contributed by atoms with Crippen molar-refractivity contribution < 1.29 is 13.9 Å². The minimum absolute atomic E-state index is 0.175. The van der Waals surface area contributed by atoms with Crippen LogP contribution >= 0.6 is 11.8 Å². The Morgan fingerprint density at radius 3 is 2.64 bits per heavy atom. The Bertz CT molecular complexity index is 1570. The number of thioether (sulfide) groups is 1. The first-order chi connectivity index (χ1) is 16.0. The first kappa shape index (κ1) is 20.9. The fourth-order valence-electron chi connectivity index (χ4n) is 3.65. The van der Waals surface area contributed by atoms with Gasteiger partial charge in [0.2, 0.25) is 5.78 Å². The van der Waals surface area contributed by atoms with E-state index in [1.165, 1.54) is 34.7 Å². The lowest BCUT2D eigenvalue weighted by Crippen LogP contribution is -2.20. The van der Waals surface area contributed by atoms with E-state index in [0.29, 0.717) is 33.3 Å². The third-order valence-electron chi connectivity index (χ3n) is 5.23. The number of esters is 1. The van der Waals surface area contributed by atoms with Crippen molar-refractivity contribution in [3.63, 3.8) is 0 Å². The molecule has 0 aliphatic rings. The second kappa shape index (κ2) is 8.17. The van der Waals surface area contributed by atoms with Gasteiger partial charge in [-0.05, 0) is 42.7 Å². The Morgan fingerprint density at radius 1 is 1.12 bits per heavy atom. The Morgan fingerprint density at radius 2 is 1.88 bits per heavy atom. The van der Waals surface area contributed by atoms with Crippen molar-refractivity contribution in [1.29, 1.82) is 0 Å². The first-order valence-corrected chi connectivity index (χ1v) is 11.1. The van der Waals surface area contributed by atoms with Gasteiger partial charge in [0, 0.05) is 12.7 Å². The van der Waals surface area contributed by atoms with Crippen molar-refractivity contribution in [2.45, 2.75) is 11.8 Å². The lowest BCUT2D eigenvalue weighted by atomic mass is 10.2. The highest BCUT2D eigenvalue weighted by Crippen LogP contribution is 2.23. The number of nitrogens with zero attached hydrogens (tertiary/aromatic N) is 6. The Kier molecular flexibility index (Phi) is 5.17. The van der Waals surface area contributed by atoms with Gasteiger partial charge in [0.05, 0.1) is 17.1 Å². The maximum absolute atomic E-state index is 13.4. The molecule has 33 heavy (non-hydrogen) atoms. The summed E-state index contributed by atoms with van der Waals surface area (Å²) in [6.45, 7) is -0.175. The van der Waals surface area contributed by atoms with Crippen molar-refractivity contribution in [2.24, 2.45) is 7.05 Å². The zero-order valence-corrected chi connectivity index (χ0v) is 18.4. The molecule has 5 aromatic rings. The normalized spacial score (nSPS) is 11.4. The second-order valence-electron chi connectivity index (χ2n) is 7.15. The van der Waals surface area contributed by atoms with Gasteiger partial charge in [-0.1, -0.05) is 23.9 Å². The third-order valence-corrected chi connectivity index (χ3v) is 5.88. The molecular formula is C22H17FN6O3S. The lowest BCUT2D eigenvalue weighted by molar-refractivity contribution is 0.0451. The topological polar surface area (TPSA) is 96.3 Å². The molecule has 0 bridgehead atoms. The number of aromatic nitrogens is 6. The third kappa shape index (κ3) is 3.46. The average molecular weight is 464 g/mol. The molecule has 2 aromatic carbocycles. The quantitative estimate of drug-likeness (QED) is 0.291. The highest BCUT2D eigenvalue weighted by molar-refractivity contribution is 7.98. The fraction of sp³-hybridized carbons (Fsp3) is 0.136. The molecule has 0 radical (unpaired) electrons. The maximum atomic E-state index is 13.4. The molecule has 166 valence electrons. The summed E-state index contributed by atoms with van der Waals surface area (Å²) < 4.78 is 23.6. The highest BCUT2D eigenvalue weighted by atomic mass is 32.2. The standard InChI is InChI=1S/C22H17FN6O3S/c1-27-19(30)15-5-3-4-6-16(15)29-18(25-26-21(27)29)12-32-20(31)17-11-24-22(33-2)28(17)14-9-7-13(23)8-10-14/h3-11H,12H2,1-2H3. The van der Waals surface area contributed by atoms with Crippen LogP contribution in [0.3, 0.4) is 0 Å². The van der Waals surface area contributed by atoms with Crippen LogP contribution in [-0.2, 0) is 18.4 Å². The molecule has 0 saturated heterocycles. The van der Waals surface area contributed by atoms with E-state index in [-0.39, 0.29) is 23.7 Å². The minimum atomic E-state index is -0.627. The summed E-state index contributed by atoms with van der Waals surface area (Å²) in [7, 11) is 1.61. The van der Waals surface area contributed by atoms with Gasteiger partial charge in [-0.25, -0.2) is 14.2 Å². The zero-order chi connectivity index (χ0) is 23.1. The number of para-hydroxylation sites is 1. The molecule has 5 rings (SSSR count). The number of aryl methyl sites for hydroxylation is 1. The van der Waals surface area contributed by atoms with Crippen molar-refractivity contribution in [1.82, 2.24) is 28.7 Å². The number of benzene rings is 2. The van der Waals surface area contributed by atoms with Gasteiger partial charge in [0.25, 0.3) is 5.56 Å². The Hall–Kier alpha value is -3.99. The summed E-state index contributed by atoms with van der Waals surface area (Å²) in [5.41, 5.74) is 1.20. The fourth-order valence-corrected chi connectivity index (χ4v) is 4.20. The van der Waals surface area contributed by atoms with Crippen molar-refractivity contribution >= 4 is 34.4 Å². The number of halogens is 1. The van der Waals surface area contributed by atoms with Crippen LogP contribution in [0.1, 0.15) is 16.3 Å². The van der Waals surface area contributed by atoms with Gasteiger partial charge in [0.15, 0.2) is 23.3 Å². The molecule has 0 saturated carbocycles. The van der Waals surface area contributed by atoms with Crippen LogP contribution in [0.15, 0.2) is 64.7 Å². The van der Waals surface area contributed by atoms with Crippen LogP contribution in [0, 0.1) is 5.82 Å². The van der Waals surface area contributed by atoms with Crippen LogP contribution in [0.4, 0.5) is 4.39 Å². The molecular weight excluding hydrogens is 447 g/mol. The summed E-state index contributed by atoms with van der Waals surface area (Å²) in [4.78, 5) is 29.8. The van der Waals surface area contributed by atoms with Gasteiger partial charge in [-0.3, -0.25) is 18.3 Å². The monoisotopic (exact) mass is 464 g/mol. The second-order valence-corrected chi connectivity index (χ2v) is 7.92. The zero-order valence-electron chi connectivity index (χ0n) is 17.6. The van der Waals surface area contributed by atoms with Crippen LogP contribution in [-0.4, -0.2) is 40.9 Å². The predicted octanol–water partition coefficient (Wildman–Crippen LogP) is 2.98. The maximum Gasteiger partial charge on any atom is 0.357 e. The van der Waals surface area contributed by atoms with E-state index >= 15 is 0 Å². The van der Waals surface area contributed by atoms with Gasteiger partial charge in [-0.15, -0.1) is 10.2 Å². The summed E-state index contributed by atoms with van der Waals surface area (Å²) in [6.07, 6.45) is 3.24. The van der Waals surface area contributed by atoms with E-state index in [9.17, 15) is 14.0 Å². The molecule has 0 amide bonds. The number of hydrogen-bond acceptors (Lipinski definition) is 7. The summed E-state index contributed by atoms with van der Waals surface area (Å²) in [5.74, 6) is -0.305. The van der Waals surface area contributed by atoms with Crippen molar-refractivity contribution in [3.05, 3.63) is 82.4 Å². The van der Waals surface area contributed by atoms with Gasteiger partial charge < -0.3 is 4.74 Å². The molecule has 0 aliphatic heterocycles. The Labute approximate surface area is 190 Å². The number of hydrogen-bond donors (Lipinski definition) is 0. The molecule has 9 nitrogen and oxygen atoms in total. The van der Waals surface area contributed by atoms with Crippen LogP contribution in [0.5, 0.6) is 0 Å². The van der Waals surface area contributed by atoms with E-state index in [1.807, 2.05) is 12.3 Å². The van der Waals surface area contributed by atoms with Crippen LogP contribution in [0.25, 0.3) is 22.4 Å².